The third-order valence-corrected chi connectivity index (χ3v) is 19.9. The van der Waals surface area contributed by atoms with Crippen LogP contribution in [0.4, 0.5) is 0 Å². The zero-order valence-electron chi connectivity index (χ0n) is 59.4. The number of halogens is 2. The normalized spacial score (nSPS) is 28.1. The summed E-state index contributed by atoms with van der Waals surface area (Å²) in [6.45, 7) is 8.43. The average Bonchev–Trinajstić information content (AvgIpc) is 0.764. The number of aromatic hydroxyl groups is 3. The summed E-state index contributed by atoms with van der Waals surface area (Å²) < 4.78 is 38.5. The molecule has 2 saturated heterocycles. The number of rotatable bonds is 18. The standard InChI is InChI=1S/C72H86Cl2N10O25/c1-7-33(8-2)78-39(15-27(3)4)64(97)83-55-57(92)30-10-13-43(37(73)17-30)105-45-19-32-20-46(61(45)109-71-62(60(95)59(94)47(26-85)107-71)108-50-24-72(6,76)63(96)28(5)104-50)106-44-14-11-31(18-38(44)74)58(93)56-70(103)82-54(66(99)77-25-49(90)91)36-21-34(86)22-42(88)51(36)35-16-29(9-12-41(35)87)52(67(100)84-56)81-68(101)53(32)80-65(98)40(23-48(75)89)79-69(55)102/h9-14,16-22,27-28,33,39-40,47,50,52-60,62-63,71,78,85-88,92-96H,7-8,15,23-26,76H2,1-6H3,(H2,75,89)(H,77,99)(H,79,102)(H,80,98)(H,81,101)(H,82,103)(H,83,97)(H,84,100)(H,90,91)/t28-,39+,40-,47-,50-,52+,53+,54-,55+,56-,57+,58+,59+,60-,62-,63+,71-,72-/m0/s1. The number of hydrogen-bond acceptors (Lipinski definition) is 26. The number of aliphatic hydroxyl groups excluding tert-OH is 6. The van der Waals surface area contributed by atoms with Crippen molar-refractivity contribution in [2.75, 3.05) is 13.2 Å². The van der Waals surface area contributed by atoms with Gasteiger partial charge in [0.1, 0.15) is 102 Å². The highest BCUT2D eigenvalue weighted by Gasteiger charge is 2.52. The van der Waals surface area contributed by atoms with Crippen molar-refractivity contribution in [2.45, 2.75) is 189 Å². The molecule has 18 atom stereocenters. The molecule has 5 aromatic rings. The summed E-state index contributed by atoms with van der Waals surface area (Å²) in [5, 5.41) is 134. The highest BCUT2D eigenvalue weighted by molar-refractivity contribution is 6.32. The number of ether oxygens (including phenoxy) is 6. The Kier molecular flexibility index (Phi) is 25.5. The van der Waals surface area contributed by atoms with E-state index in [9.17, 15) is 70.2 Å². The number of carboxylic acids is 1. The van der Waals surface area contributed by atoms with Crippen LogP contribution in [-0.2, 0) is 57.4 Å². The fourth-order valence-corrected chi connectivity index (χ4v) is 13.9. The smallest absolute Gasteiger partial charge is 0.322 e. The first-order valence-corrected chi connectivity index (χ1v) is 35.6. The minimum atomic E-state index is -2.37. The number of aliphatic hydroxyl groups is 6. The van der Waals surface area contributed by atoms with Crippen molar-refractivity contribution < 1.29 is 123 Å². The van der Waals surface area contributed by atoms with Crippen molar-refractivity contribution >= 4 is 76.4 Å². The number of benzene rings is 5. The maximum absolute atomic E-state index is 16.2. The summed E-state index contributed by atoms with van der Waals surface area (Å²) in [6.07, 6.45) is -17.6. The second-order valence-electron chi connectivity index (χ2n) is 27.9. The SMILES string of the molecule is CCC(CC)N[C@H](CC(C)C)C(=O)N[C@H]1C(=O)N[C@@H](CC(N)=O)C(=O)N[C@H]2C(=O)N[C@H]3C(=O)N[C@H](C(=O)N[C@H](C(=O)NCC(=O)O)c4cc(O)cc(O)c4-c4cc3ccc4O)[C@H](O)c3ccc(c(Cl)c3)Oc3cc2cc(c3O[C@@H]2O[C@@H](CO)[C@@H](O)[C@H](O)[C@@H]2O[C@H]2C[C@](C)(N)[C@H](O)[C@H](C)O2)Oc2ccc(cc2Cl)[C@H]1O. The Morgan fingerprint density at radius 3 is 1.90 bits per heavy atom. The lowest BCUT2D eigenvalue weighted by molar-refractivity contribution is -0.333. The van der Waals surface area contributed by atoms with Gasteiger partial charge < -0.3 is 133 Å². The van der Waals surface area contributed by atoms with E-state index in [1.807, 2.05) is 27.7 Å². The quantitative estimate of drug-likeness (QED) is 0.0576. The van der Waals surface area contributed by atoms with Gasteiger partial charge in [-0.15, -0.1) is 0 Å². The monoisotopic (exact) mass is 1560 g/mol. The van der Waals surface area contributed by atoms with E-state index < -0.39 is 250 Å². The summed E-state index contributed by atoms with van der Waals surface area (Å²) in [7, 11) is 0. The van der Waals surface area contributed by atoms with Crippen LogP contribution in [0.3, 0.4) is 0 Å². The molecule has 8 amide bonds. The molecule has 109 heavy (non-hydrogen) atoms. The molecule has 22 N–H and O–H groups in total. The Labute approximate surface area is 632 Å². The first-order valence-electron chi connectivity index (χ1n) is 34.8. The summed E-state index contributed by atoms with van der Waals surface area (Å²) in [4.78, 5) is 132. The number of primary amides is 1. The van der Waals surface area contributed by atoms with Crippen molar-refractivity contribution in [3.63, 3.8) is 0 Å². The number of carbonyl (C=O) groups excluding carboxylic acids is 8. The van der Waals surface area contributed by atoms with Crippen LogP contribution in [0.25, 0.3) is 11.1 Å². The van der Waals surface area contributed by atoms with Gasteiger partial charge in [-0.3, -0.25) is 43.2 Å². The van der Waals surface area contributed by atoms with E-state index in [4.69, 9.17) is 63.1 Å². The first kappa shape index (κ1) is 81.8. The maximum Gasteiger partial charge on any atom is 0.322 e. The fourth-order valence-electron chi connectivity index (χ4n) is 13.5. The molecule has 0 unspecified atom stereocenters. The molecule has 7 aliphatic rings. The molecule has 7 aliphatic heterocycles. The lowest BCUT2D eigenvalue weighted by Gasteiger charge is -2.47. The van der Waals surface area contributed by atoms with Gasteiger partial charge in [0.2, 0.25) is 59.3 Å². The molecule has 5 aromatic carbocycles. The number of phenolic OH excluding ortho intramolecular Hbond substituents is 3. The highest BCUT2D eigenvalue weighted by atomic mass is 35.5. The third-order valence-electron chi connectivity index (χ3n) is 19.3. The van der Waals surface area contributed by atoms with Crippen LogP contribution in [0.2, 0.25) is 10.0 Å². The molecule has 0 spiro atoms. The number of fused-ring (bicyclic) bond motifs is 15. The van der Waals surface area contributed by atoms with E-state index in [0.717, 1.165) is 66.7 Å². The van der Waals surface area contributed by atoms with Crippen LogP contribution >= 0.6 is 23.2 Å². The molecule has 37 heteroatoms. The largest absolute Gasteiger partial charge is 0.508 e. The number of nitrogens with two attached hydrogens (primary N) is 2. The molecular formula is C72H86Cl2N10O25. The van der Waals surface area contributed by atoms with Crippen molar-refractivity contribution in [2.24, 2.45) is 17.4 Å². The minimum absolute atomic E-state index is 0.117. The molecular weight excluding hydrogens is 1480 g/mol. The Bertz CT molecular complexity index is 4320. The van der Waals surface area contributed by atoms with E-state index in [-0.39, 0.29) is 52.3 Å². The zero-order valence-corrected chi connectivity index (χ0v) is 60.9. The maximum atomic E-state index is 16.2. The summed E-state index contributed by atoms with van der Waals surface area (Å²) in [5.74, 6) is -17.2. The Balaban J connectivity index is 1.23. The molecule has 0 aromatic heterocycles. The van der Waals surface area contributed by atoms with Crippen LogP contribution in [0, 0.1) is 5.92 Å². The Hall–Kier alpha value is -9.73. The molecule has 0 aliphatic carbocycles. The van der Waals surface area contributed by atoms with Gasteiger partial charge in [-0.05, 0) is 121 Å². The number of aliphatic carboxylic acids is 1. The van der Waals surface area contributed by atoms with Crippen molar-refractivity contribution in [3.05, 3.63) is 117 Å². The number of nitrogens with one attached hydrogen (secondary N) is 8. The van der Waals surface area contributed by atoms with Gasteiger partial charge in [0, 0.05) is 35.2 Å². The van der Waals surface area contributed by atoms with Gasteiger partial charge in [-0.25, -0.2) is 0 Å². The summed E-state index contributed by atoms with van der Waals surface area (Å²) in [5.41, 5.74) is 8.03. The van der Waals surface area contributed by atoms with Gasteiger partial charge in [0.15, 0.2) is 23.9 Å². The van der Waals surface area contributed by atoms with Crippen molar-refractivity contribution in [3.8, 4) is 57.1 Å². The summed E-state index contributed by atoms with van der Waals surface area (Å²) >= 11 is 14.2. The predicted octanol–water partition coefficient (Wildman–Crippen LogP) is 0.781. The van der Waals surface area contributed by atoms with E-state index in [1.54, 1.807) is 0 Å². The fraction of sp³-hybridized carbons (Fsp3) is 0.458. The molecule has 588 valence electrons. The van der Waals surface area contributed by atoms with Gasteiger partial charge in [-0.1, -0.05) is 69.1 Å². The molecule has 12 rings (SSSR count). The second-order valence-corrected chi connectivity index (χ2v) is 28.7. The average molecular weight is 1560 g/mol. The molecule has 0 saturated carbocycles. The van der Waals surface area contributed by atoms with Crippen LogP contribution in [0.1, 0.15) is 132 Å². The lowest BCUT2D eigenvalue weighted by atomic mass is 9.86. The number of carboxylic acid groups (broad SMARTS) is 1. The molecule has 2 fully saturated rings. The van der Waals surface area contributed by atoms with Crippen LogP contribution in [0.15, 0.2) is 78.9 Å². The van der Waals surface area contributed by atoms with Crippen LogP contribution < -0.4 is 68.2 Å². The number of amides is 8. The van der Waals surface area contributed by atoms with E-state index in [0.29, 0.717) is 12.8 Å². The van der Waals surface area contributed by atoms with Gasteiger partial charge >= 0.3 is 5.97 Å². The molecule has 7 heterocycles. The van der Waals surface area contributed by atoms with Gasteiger partial charge in [0.25, 0.3) is 0 Å². The Morgan fingerprint density at radius 1 is 0.706 bits per heavy atom. The van der Waals surface area contributed by atoms with E-state index in [1.165, 1.54) is 26.0 Å². The zero-order chi connectivity index (χ0) is 79.5. The topological polar surface area (TPSA) is 560 Å². The van der Waals surface area contributed by atoms with E-state index >= 15 is 24.0 Å². The molecule has 11 bridgehead atoms. The lowest BCUT2D eigenvalue weighted by Crippen LogP contribution is -2.64. The number of phenols is 3. The highest BCUT2D eigenvalue weighted by Crippen LogP contribution is 2.50. The number of carbonyl (C=O) groups is 9. The second kappa shape index (κ2) is 34.0. The van der Waals surface area contributed by atoms with Crippen LogP contribution in [0.5, 0.6) is 46.0 Å². The van der Waals surface area contributed by atoms with E-state index in [2.05, 4.69) is 42.5 Å². The number of hydrogen-bond donors (Lipinski definition) is 20. The minimum Gasteiger partial charge on any atom is -0.508 e. The Morgan fingerprint density at radius 2 is 1.31 bits per heavy atom. The molecule has 35 nitrogen and oxygen atoms in total. The predicted molar refractivity (Wildman–Crippen MR) is 381 cm³/mol. The molecule has 0 radical (unpaired) electrons. The van der Waals surface area contributed by atoms with Gasteiger partial charge in [-0.2, -0.15) is 0 Å². The first-order chi connectivity index (χ1) is 51.5. The van der Waals surface area contributed by atoms with Gasteiger partial charge in [0.05, 0.1) is 41.3 Å². The van der Waals surface area contributed by atoms with Crippen LogP contribution in [-0.4, -0.2) is 202 Å². The van der Waals surface area contributed by atoms with Crippen molar-refractivity contribution in [1.82, 2.24) is 42.5 Å². The van der Waals surface area contributed by atoms with Crippen molar-refractivity contribution in [1.29, 1.82) is 0 Å². The third kappa shape index (κ3) is 18.3. The summed E-state index contributed by atoms with van der Waals surface area (Å²) in [6, 6.07) is -0.956.